The molecule has 0 aromatic carbocycles. The van der Waals surface area contributed by atoms with Gasteiger partial charge in [-0.25, -0.2) is 4.57 Å². The second-order valence-electron chi connectivity index (χ2n) is 18.9. The second kappa shape index (κ2) is 46.1. The van der Waals surface area contributed by atoms with Gasteiger partial charge in [-0.05, 0) is 70.6 Å². The topological polar surface area (TPSA) is 105 Å². The summed E-state index contributed by atoms with van der Waals surface area (Å²) in [6.07, 6.45) is 62.7. The lowest BCUT2D eigenvalue weighted by atomic mass is 10.0. The Morgan fingerprint density at radius 3 is 1.44 bits per heavy atom. The summed E-state index contributed by atoms with van der Waals surface area (Å²) in [7, 11) is 1.55. The normalized spacial score (nSPS) is 14.7. The molecule has 0 aromatic rings. The van der Waals surface area contributed by atoms with Crippen LogP contribution < -0.4 is 5.32 Å². The number of nitrogens with one attached hydrogen (secondary N) is 1. The van der Waals surface area contributed by atoms with E-state index in [9.17, 15) is 19.4 Å². The predicted molar refractivity (Wildman–Crippen MR) is 276 cm³/mol. The summed E-state index contributed by atoms with van der Waals surface area (Å²) >= 11 is 0. The summed E-state index contributed by atoms with van der Waals surface area (Å²) in [6.45, 7) is 4.68. The van der Waals surface area contributed by atoms with Crippen LogP contribution >= 0.6 is 7.82 Å². The monoisotopic (exact) mass is 918 g/mol. The largest absolute Gasteiger partial charge is 0.472 e. The van der Waals surface area contributed by atoms with E-state index < -0.39 is 20.0 Å². The fraction of sp³-hybridized carbons (Fsp3) is 0.764. The van der Waals surface area contributed by atoms with Crippen LogP contribution in [0.5, 0.6) is 0 Å². The first-order chi connectivity index (χ1) is 31.0. The van der Waals surface area contributed by atoms with Crippen LogP contribution in [0.15, 0.2) is 72.9 Å². The van der Waals surface area contributed by atoms with E-state index in [2.05, 4.69) is 79.9 Å². The van der Waals surface area contributed by atoms with Crippen LogP contribution in [-0.2, 0) is 18.4 Å². The third-order valence-electron chi connectivity index (χ3n) is 11.4. The number of carbonyl (C=O) groups is 1. The summed E-state index contributed by atoms with van der Waals surface area (Å²) in [5.74, 6) is -0.193. The number of quaternary nitrogens is 1. The van der Waals surface area contributed by atoms with E-state index in [4.69, 9.17) is 9.05 Å². The summed E-state index contributed by atoms with van der Waals surface area (Å²) in [6, 6.07) is -0.869. The maximum atomic E-state index is 12.9. The molecular formula is C55H102N2O6P+. The zero-order chi connectivity index (χ0) is 47.1. The Morgan fingerprint density at radius 1 is 0.547 bits per heavy atom. The van der Waals surface area contributed by atoms with Crippen molar-refractivity contribution in [2.24, 2.45) is 0 Å². The van der Waals surface area contributed by atoms with E-state index in [1.807, 2.05) is 27.2 Å². The van der Waals surface area contributed by atoms with E-state index in [1.54, 1.807) is 6.08 Å². The van der Waals surface area contributed by atoms with Crippen LogP contribution in [-0.4, -0.2) is 73.4 Å². The number of carbonyl (C=O) groups excluding carboxylic acids is 1. The molecular weight excluding hydrogens is 816 g/mol. The van der Waals surface area contributed by atoms with Crippen molar-refractivity contribution in [3.05, 3.63) is 72.9 Å². The van der Waals surface area contributed by atoms with Gasteiger partial charge in [0, 0.05) is 6.42 Å². The molecule has 372 valence electrons. The van der Waals surface area contributed by atoms with Gasteiger partial charge in [-0.3, -0.25) is 13.8 Å². The molecule has 0 aromatic heterocycles. The Labute approximate surface area is 395 Å². The number of amides is 1. The fourth-order valence-corrected chi connectivity index (χ4v) is 8.02. The molecule has 0 aliphatic carbocycles. The fourth-order valence-electron chi connectivity index (χ4n) is 7.28. The lowest BCUT2D eigenvalue weighted by molar-refractivity contribution is -0.870. The molecule has 0 saturated heterocycles. The van der Waals surface area contributed by atoms with Gasteiger partial charge in [0.25, 0.3) is 0 Å². The number of hydrogen-bond acceptors (Lipinski definition) is 5. The summed E-state index contributed by atoms with van der Waals surface area (Å²) in [5, 5.41) is 13.9. The average molecular weight is 918 g/mol. The van der Waals surface area contributed by atoms with E-state index in [-0.39, 0.29) is 19.1 Å². The first-order valence-corrected chi connectivity index (χ1v) is 27.8. The van der Waals surface area contributed by atoms with Gasteiger partial charge in [-0.1, -0.05) is 215 Å². The number of likely N-dealkylation sites (N-methyl/N-ethyl adjacent to an activating group) is 1. The summed E-state index contributed by atoms with van der Waals surface area (Å²) < 4.78 is 23.6. The van der Waals surface area contributed by atoms with Crippen LogP contribution in [0.25, 0.3) is 0 Å². The number of allylic oxidation sites excluding steroid dienone is 11. The van der Waals surface area contributed by atoms with Gasteiger partial charge < -0.3 is 19.8 Å². The molecule has 1 amide bonds. The molecule has 0 bridgehead atoms. The molecule has 0 radical (unpaired) electrons. The molecule has 0 rings (SSSR count). The number of unbranched alkanes of at least 4 members (excludes halogenated alkanes) is 24. The highest BCUT2D eigenvalue weighted by Crippen LogP contribution is 2.43. The van der Waals surface area contributed by atoms with Gasteiger partial charge in [-0.15, -0.1) is 0 Å². The maximum absolute atomic E-state index is 12.9. The third-order valence-corrected chi connectivity index (χ3v) is 12.4. The Kier molecular flexibility index (Phi) is 44.6. The Balaban J connectivity index is 4.34. The van der Waals surface area contributed by atoms with E-state index in [0.29, 0.717) is 17.4 Å². The zero-order valence-corrected chi connectivity index (χ0v) is 43.1. The second-order valence-corrected chi connectivity index (χ2v) is 20.3. The van der Waals surface area contributed by atoms with Gasteiger partial charge in [0.15, 0.2) is 0 Å². The lowest BCUT2D eigenvalue weighted by Crippen LogP contribution is -2.45. The molecule has 0 fully saturated rings. The lowest BCUT2D eigenvalue weighted by Gasteiger charge is -2.25. The average Bonchev–Trinajstić information content (AvgIpc) is 3.25. The van der Waals surface area contributed by atoms with E-state index in [1.165, 1.54) is 135 Å². The van der Waals surface area contributed by atoms with Crippen LogP contribution in [0.1, 0.15) is 219 Å². The highest BCUT2D eigenvalue weighted by atomic mass is 31.2. The Bertz CT molecular complexity index is 1270. The first-order valence-electron chi connectivity index (χ1n) is 26.3. The quantitative estimate of drug-likeness (QED) is 0.0243. The minimum absolute atomic E-state index is 0.0525. The van der Waals surface area contributed by atoms with Crippen molar-refractivity contribution in [3.63, 3.8) is 0 Å². The molecule has 0 heterocycles. The molecule has 0 spiro atoms. The number of aliphatic hydroxyl groups excluding tert-OH is 1. The van der Waals surface area contributed by atoms with Gasteiger partial charge in [0.05, 0.1) is 39.9 Å². The van der Waals surface area contributed by atoms with Gasteiger partial charge in [0.1, 0.15) is 13.2 Å². The van der Waals surface area contributed by atoms with Crippen molar-refractivity contribution in [2.75, 3.05) is 40.9 Å². The Hall–Kier alpha value is -2.06. The summed E-state index contributed by atoms with van der Waals surface area (Å²) in [4.78, 5) is 23.2. The van der Waals surface area contributed by atoms with Crippen molar-refractivity contribution < 1.29 is 32.9 Å². The number of nitrogens with zero attached hydrogens (tertiary/aromatic N) is 1. The van der Waals surface area contributed by atoms with Gasteiger partial charge in [-0.2, -0.15) is 0 Å². The molecule has 8 nitrogen and oxygen atoms in total. The van der Waals surface area contributed by atoms with E-state index in [0.717, 1.165) is 64.2 Å². The highest BCUT2D eigenvalue weighted by Gasteiger charge is 2.27. The molecule has 0 aliphatic rings. The van der Waals surface area contributed by atoms with E-state index >= 15 is 0 Å². The summed E-state index contributed by atoms with van der Waals surface area (Å²) in [5.41, 5.74) is 0. The minimum atomic E-state index is -4.36. The number of phosphoric ester groups is 1. The highest BCUT2D eigenvalue weighted by molar-refractivity contribution is 7.47. The third kappa shape index (κ3) is 47.9. The van der Waals surface area contributed by atoms with Crippen LogP contribution in [0.2, 0.25) is 0 Å². The molecule has 3 atom stereocenters. The molecule has 3 unspecified atom stereocenters. The van der Waals surface area contributed by atoms with Crippen molar-refractivity contribution in [1.29, 1.82) is 0 Å². The van der Waals surface area contributed by atoms with Crippen LogP contribution in [0.4, 0.5) is 0 Å². The Morgan fingerprint density at radius 2 is 0.953 bits per heavy atom. The smallest absolute Gasteiger partial charge is 0.387 e. The molecule has 3 N–H and O–H groups in total. The zero-order valence-electron chi connectivity index (χ0n) is 42.3. The van der Waals surface area contributed by atoms with Gasteiger partial charge in [0.2, 0.25) is 5.91 Å². The number of rotatable bonds is 47. The van der Waals surface area contributed by atoms with Crippen molar-refractivity contribution in [2.45, 2.75) is 231 Å². The van der Waals surface area contributed by atoms with Crippen molar-refractivity contribution in [1.82, 2.24) is 5.32 Å². The van der Waals surface area contributed by atoms with Crippen LogP contribution in [0, 0.1) is 0 Å². The van der Waals surface area contributed by atoms with Crippen molar-refractivity contribution in [3.8, 4) is 0 Å². The molecule has 9 heteroatoms. The first kappa shape index (κ1) is 61.9. The van der Waals surface area contributed by atoms with Crippen LogP contribution in [0.3, 0.4) is 0 Å². The molecule has 0 aliphatic heterocycles. The standard InChI is InChI=1S/C55H101N2O6P/c1-6-8-10-12-14-16-18-20-22-24-26-27-28-29-31-33-35-37-39-41-43-45-47-49-55(59)56-53(52-63-64(60,61)62-51-50-57(3,4)5)54(58)48-46-44-42-40-38-36-34-32-30-25-23-21-19-17-15-13-11-9-7-2/h8,10,14,16,20,22,26-27,38,40,46,48,53-54,58H,6-7,9,11-13,15,17-19,21,23-25,28-37,39,41-45,47,49-52H2,1-5H3,(H-,56,59,60,61)/p+1/b10-8-,16-14-,22-20-,27-26-,40-38+,48-46+. The number of hydrogen-bond donors (Lipinski definition) is 3. The minimum Gasteiger partial charge on any atom is -0.387 e. The number of aliphatic hydroxyl groups is 1. The van der Waals surface area contributed by atoms with Gasteiger partial charge >= 0.3 is 7.82 Å². The SMILES string of the molecule is CC/C=C\C/C=C\C/C=C\C/C=C\CCCCCCCCCCCCC(=O)NC(COP(=O)(O)OCC[N+](C)(C)C)C(O)/C=C/CC/C=C/CCCCCCCCCCCCCCC. The maximum Gasteiger partial charge on any atom is 0.472 e. The van der Waals surface area contributed by atoms with Crippen molar-refractivity contribution >= 4 is 13.7 Å². The number of phosphoric acid groups is 1. The molecule has 64 heavy (non-hydrogen) atoms. The predicted octanol–water partition coefficient (Wildman–Crippen LogP) is 15.5. The molecule has 0 saturated carbocycles.